The van der Waals surface area contributed by atoms with Crippen molar-refractivity contribution in [3.63, 3.8) is 0 Å². The molecule has 1 saturated heterocycles. The summed E-state index contributed by atoms with van der Waals surface area (Å²) in [5, 5.41) is 7.12. The maximum Gasteiger partial charge on any atom is 0.269 e. The maximum absolute atomic E-state index is 12.3. The van der Waals surface area contributed by atoms with Crippen molar-refractivity contribution in [2.75, 3.05) is 39.5 Å². The van der Waals surface area contributed by atoms with E-state index in [1.807, 2.05) is 31.2 Å². The van der Waals surface area contributed by atoms with Crippen molar-refractivity contribution in [3.8, 4) is 5.75 Å². The molecule has 1 aromatic carbocycles. The summed E-state index contributed by atoms with van der Waals surface area (Å²) in [6, 6.07) is 9.60. The second-order valence-corrected chi connectivity index (χ2v) is 6.43. The Hall–Kier alpha value is -2.38. The molecule has 7 nitrogen and oxygen atoms in total. The highest BCUT2D eigenvalue weighted by atomic mass is 16.5. The molecule has 0 spiro atoms. The first kappa shape index (κ1) is 18.4. The molecule has 1 aromatic heterocycles. The fourth-order valence-corrected chi connectivity index (χ4v) is 2.96. The third-order valence-electron chi connectivity index (χ3n) is 4.37. The molecule has 1 amide bonds. The Labute approximate surface area is 153 Å². The van der Waals surface area contributed by atoms with Gasteiger partial charge < -0.3 is 14.8 Å². The Morgan fingerprint density at radius 3 is 2.85 bits per heavy atom. The number of aromatic nitrogens is 2. The van der Waals surface area contributed by atoms with E-state index in [1.165, 1.54) is 0 Å². The Kier molecular flexibility index (Phi) is 6.25. The maximum atomic E-state index is 12.3. The van der Waals surface area contributed by atoms with Crippen LogP contribution in [0.5, 0.6) is 5.75 Å². The van der Waals surface area contributed by atoms with Gasteiger partial charge in [0, 0.05) is 33.2 Å². The minimum absolute atomic E-state index is 0.133. The third-order valence-corrected chi connectivity index (χ3v) is 4.37. The van der Waals surface area contributed by atoms with Crippen molar-refractivity contribution in [2.24, 2.45) is 7.05 Å². The van der Waals surface area contributed by atoms with E-state index in [4.69, 9.17) is 9.47 Å². The van der Waals surface area contributed by atoms with E-state index >= 15 is 0 Å². The average Bonchev–Trinajstić information content (AvgIpc) is 2.99. The normalized spacial score (nSPS) is 15.0. The van der Waals surface area contributed by atoms with E-state index in [2.05, 4.69) is 15.3 Å². The van der Waals surface area contributed by atoms with Crippen molar-refractivity contribution >= 4 is 5.91 Å². The molecule has 26 heavy (non-hydrogen) atoms. The summed E-state index contributed by atoms with van der Waals surface area (Å²) in [6.45, 7) is 7.37. The molecule has 0 bridgehead atoms. The molecule has 1 aliphatic rings. The van der Waals surface area contributed by atoms with Gasteiger partial charge in [0.15, 0.2) is 0 Å². The lowest BCUT2D eigenvalue weighted by Crippen LogP contribution is -2.38. The lowest BCUT2D eigenvalue weighted by atomic mass is 10.2. The fraction of sp³-hybridized carbons (Fsp3) is 0.474. The highest BCUT2D eigenvalue weighted by Crippen LogP contribution is 2.14. The molecular weight excluding hydrogens is 332 g/mol. The van der Waals surface area contributed by atoms with Crippen LogP contribution >= 0.6 is 0 Å². The van der Waals surface area contributed by atoms with E-state index in [0.29, 0.717) is 18.8 Å². The number of carbonyl (C=O) groups excluding carboxylic acids is 1. The van der Waals surface area contributed by atoms with Gasteiger partial charge >= 0.3 is 0 Å². The van der Waals surface area contributed by atoms with Crippen molar-refractivity contribution in [1.82, 2.24) is 20.0 Å². The summed E-state index contributed by atoms with van der Waals surface area (Å²) in [5.74, 6) is 0.688. The molecule has 0 unspecified atom stereocenters. The number of hydrogen-bond donors (Lipinski definition) is 1. The predicted octanol–water partition coefficient (Wildman–Crippen LogP) is 1.37. The summed E-state index contributed by atoms with van der Waals surface area (Å²) in [5.41, 5.74) is 2.38. The largest absolute Gasteiger partial charge is 0.492 e. The number of benzene rings is 1. The van der Waals surface area contributed by atoms with E-state index in [0.717, 1.165) is 49.9 Å². The monoisotopic (exact) mass is 358 g/mol. The van der Waals surface area contributed by atoms with Gasteiger partial charge in [-0.25, -0.2) is 0 Å². The third kappa shape index (κ3) is 5.06. The lowest BCUT2D eigenvalue weighted by molar-refractivity contribution is 0.0322. The number of hydrogen-bond acceptors (Lipinski definition) is 5. The van der Waals surface area contributed by atoms with Gasteiger partial charge in [-0.05, 0) is 30.7 Å². The van der Waals surface area contributed by atoms with Gasteiger partial charge in [-0.15, -0.1) is 0 Å². The van der Waals surface area contributed by atoms with Gasteiger partial charge in [-0.1, -0.05) is 12.1 Å². The fourth-order valence-electron chi connectivity index (χ4n) is 2.96. The molecule has 0 saturated carbocycles. The Balaban J connectivity index is 1.47. The minimum Gasteiger partial charge on any atom is -0.492 e. The Morgan fingerprint density at radius 2 is 2.12 bits per heavy atom. The van der Waals surface area contributed by atoms with Crippen molar-refractivity contribution in [1.29, 1.82) is 0 Å². The van der Waals surface area contributed by atoms with Crippen molar-refractivity contribution in [2.45, 2.75) is 13.5 Å². The molecule has 140 valence electrons. The summed E-state index contributed by atoms with van der Waals surface area (Å²) in [6.07, 6.45) is 0. The molecule has 0 atom stereocenters. The molecule has 0 radical (unpaired) electrons. The molecule has 2 aromatic rings. The molecule has 7 heteroatoms. The van der Waals surface area contributed by atoms with Gasteiger partial charge in [-0.3, -0.25) is 14.4 Å². The van der Waals surface area contributed by atoms with E-state index in [9.17, 15) is 4.79 Å². The smallest absolute Gasteiger partial charge is 0.269 e. The minimum atomic E-state index is -0.133. The van der Waals surface area contributed by atoms with Crippen LogP contribution in [0, 0.1) is 6.92 Å². The quantitative estimate of drug-likeness (QED) is 0.810. The van der Waals surface area contributed by atoms with Gasteiger partial charge in [0.25, 0.3) is 5.91 Å². The van der Waals surface area contributed by atoms with Gasteiger partial charge in [0.2, 0.25) is 0 Å². The number of ether oxygens (including phenoxy) is 2. The molecule has 3 rings (SSSR count). The highest BCUT2D eigenvalue weighted by Gasteiger charge is 2.12. The van der Waals surface area contributed by atoms with Crippen LogP contribution in [0.25, 0.3) is 0 Å². The number of nitrogens with one attached hydrogen (secondary N) is 1. The second kappa shape index (κ2) is 8.82. The second-order valence-electron chi connectivity index (χ2n) is 6.43. The number of carbonyl (C=O) groups is 1. The average molecular weight is 358 g/mol. The zero-order valence-electron chi connectivity index (χ0n) is 15.4. The number of morpholine rings is 1. The topological polar surface area (TPSA) is 68.6 Å². The number of rotatable bonds is 7. The van der Waals surface area contributed by atoms with Crippen LogP contribution in [-0.2, 0) is 18.3 Å². The van der Waals surface area contributed by atoms with Gasteiger partial charge in [0.1, 0.15) is 18.1 Å². The molecule has 0 aliphatic carbocycles. The number of nitrogens with zero attached hydrogens (tertiary/aromatic N) is 3. The summed E-state index contributed by atoms with van der Waals surface area (Å²) in [4.78, 5) is 14.6. The zero-order chi connectivity index (χ0) is 18.4. The van der Waals surface area contributed by atoms with Crippen LogP contribution in [0.15, 0.2) is 30.3 Å². The molecule has 1 aliphatic heterocycles. The summed E-state index contributed by atoms with van der Waals surface area (Å²) < 4.78 is 12.8. The molecule has 1 N–H and O–H groups in total. The SMILES string of the molecule is Cc1cc(C(=O)NCc2cccc(OCCN3CCOCC3)c2)n(C)n1. The standard InChI is InChI=1S/C19H26N4O3/c1-15-12-18(22(2)21-15)19(24)20-14-16-4-3-5-17(13-16)26-11-8-23-6-9-25-10-7-23/h3-5,12-13H,6-11,14H2,1-2H3,(H,20,24). The first-order valence-corrected chi connectivity index (χ1v) is 8.92. The molecular formula is C19H26N4O3. The van der Waals surface area contributed by atoms with Crippen LogP contribution in [0.1, 0.15) is 21.7 Å². The predicted molar refractivity (Wildman–Crippen MR) is 98.3 cm³/mol. The van der Waals surface area contributed by atoms with Gasteiger partial charge in [-0.2, -0.15) is 5.10 Å². The number of aryl methyl sites for hydroxylation is 2. The zero-order valence-corrected chi connectivity index (χ0v) is 15.4. The van der Waals surface area contributed by atoms with Crippen LogP contribution < -0.4 is 10.1 Å². The van der Waals surface area contributed by atoms with Crippen LogP contribution in [0.4, 0.5) is 0 Å². The Morgan fingerprint density at radius 1 is 1.31 bits per heavy atom. The van der Waals surface area contributed by atoms with Crippen molar-refractivity contribution < 1.29 is 14.3 Å². The first-order valence-electron chi connectivity index (χ1n) is 8.92. The number of amides is 1. The lowest BCUT2D eigenvalue weighted by Gasteiger charge is -2.26. The van der Waals surface area contributed by atoms with Crippen LogP contribution in [-0.4, -0.2) is 60.0 Å². The van der Waals surface area contributed by atoms with Gasteiger partial charge in [0.05, 0.1) is 18.9 Å². The summed E-state index contributed by atoms with van der Waals surface area (Å²) >= 11 is 0. The summed E-state index contributed by atoms with van der Waals surface area (Å²) in [7, 11) is 1.77. The van der Waals surface area contributed by atoms with E-state index in [-0.39, 0.29) is 5.91 Å². The highest BCUT2D eigenvalue weighted by molar-refractivity contribution is 5.92. The van der Waals surface area contributed by atoms with Crippen molar-refractivity contribution in [3.05, 3.63) is 47.3 Å². The van der Waals surface area contributed by atoms with E-state index in [1.54, 1.807) is 17.8 Å². The van der Waals surface area contributed by atoms with Crippen LogP contribution in [0.3, 0.4) is 0 Å². The molecule has 1 fully saturated rings. The molecule has 2 heterocycles. The van der Waals surface area contributed by atoms with Crippen LogP contribution in [0.2, 0.25) is 0 Å². The Bertz CT molecular complexity index is 738. The first-order chi connectivity index (χ1) is 12.6. The van der Waals surface area contributed by atoms with E-state index < -0.39 is 0 Å².